The zero-order valence-corrected chi connectivity index (χ0v) is 15.0. The van der Waals surface area contributed by atoms with Crippen LogP contribution in [0.15, 0.2) is 28.3 Å². The molecule has 4 atom stereocenters. The van der Waals surface area contributed by atoms with Gasteiger partial charge < -0.3 is 10.1 Å². The van der Waals surface area contributed by atoms with Crippen molar-refractivity contribution in [1.82, 2.24) is 5.32 Å². The summed E-state index contributed by atoms with van der Waals surface area (Å²) in [7, 11) is 0. The van der Waals surface area contributed by atoms with E-state index < -0.39 is 6.67 Å². The fourth-order valence-corrected chi connectivity index (χ4v) is 4.34. The predicted molar refractivity (Wildman–Crippen MR) is 97.2 cm³/mol. The fourth-order valence-electron chi connectivity index (χ4n) is 3.93. The summed E-state index contributed by atoms with van der Waals surface area (Å²) in [6, 6.07) is 8.96. The van der Waals surface area contributed by atoms with Crippen molar-refractivity contribution in [3.05, 3.63) is 39.5 Å². The average Bonchev–Trinajstić information content (AvgIpc) is 2.94. The molecule has 0 aromatic heterocycles. The summed E-state index contributed by atoms with van der Waals surface area (Å²) in [5, 5.41) is 3.53. The van der Waals surface area contributed by atoms with Crippen LogP contribution in [0.4, 0.5) is 4.39 Å². The van der Waals surface area contributed by atoms with Crippen molar-refractivity contribution in [3.8, 4) is 0 Å². The van der Waals surface area contributed by atoms with Crippen LogP contribution in [0.2, 0.25) is 0 Å². The summed E-state index contributed by atoms with van der Waals surface area (Å²) < 4.78 is 19.5. The van der Waals surface area contributed by atoms with Gasteiger partial charge in [0.25, 0.3) is 0 Å². The summed E-state index contributed by atoms with van der Waals surface area (Å²) in [6.07, 6.45) is 5.07. The van der Waals surface area contributed by atoms with Crippen molar-refractivity contribution >= 4 is 34.6 Å². The highest BCUT2D eigenvalue weighted by atomic mass is 127. The number of carbonyl (C=O) groups excluding carboxylic acids is 1. The Morgan fingerprint density at radius 2 is 2.30 bits per heavy atom. The Labute approximate surface area is 149 Å². The molecule has 3 nitrogen and oxygen atoms in total. The lowest BCUT2D eigenvalue weighted by atomic mass is 9.76. The number of ether oxygens (including phenoxy) is 1. The second-order valence-electron chi connectivity index (χ2n) is 6.23. The van der Waals surface area contributed by atoms with Gasteiger partial charge in [0.2, 0.25) is 0 Å². The van der Waals surface area contributed by atoms with E-state index in [-0.39, 0.29) is 30.5 Å². The van der Waals surface area contributed by atoms with E-state index in [0.717, 1.165) is 24.8 Å². The number of halogens is 2. The molecule has 2 fully saturated rings. The highest BCUT2D eigenvalue weighted by Gasteiger charge is 2.46. The molecule has 124 valence electrons. The molecule has 1 aromatic rings. The van der Waals surface area contributed by atoms with Crippen molar-refractivity contribution in [2.24, 2.45) is 5.92 Å². The van der Waals surface area contributed by atoms with Gasteiger partial charge in [0.1, 0.15) is 13.3 Å². The first-order chi connectivity index (χ1) is 11.2. The van der Waals surface area contributed by atoms with Crippen LogP contribution in [-0.4, -0.2) is 31.3 Å². The van der Waals surface area contributed by atoms with Crippen LogP contribution in [-0.2, 0) is 9.53 Å². The quantitative estimate of drug-likeness (QED) is 0.573. The SMILES string of the molecule is O=C(OCC[18F])C1C2CCC(CC1c1cccc(/C=C\I)c1)N2. The Bertz CT molecular complexity index is 592. The number of hydrogen-bond donors (Lipinski definition) is 1. The van der Waals surface area contributed by atoms with Crippen LogP contribution in [0.1, 0.15) is 36.3 Å². The Kier molecular flexibility index (Phi) is 5.69. The molecular formula is C18H21FINO2. The molecule has 4 unspecified atom stereocenters. The smallest absolute Gasteiger partial charge is 0.311 e. The number of piperidine rings is 1. The molecule has 1 N–H and O–H groups in total. The van der Waals surface area contributed by atoms with Gasteiger partial charge in [0.15, 0.2) is 0 Å². The summed E-state index contributed by atoms with van der Waals surface area (Å²) in [5.74, 6) is -0.345. The number of rotatable bonds is 5. The average molecular weight is 428 g/mol. The molecule has 3 rings (SSSR count). The van der Waals surface area contributed by atoms with Crippen molar-refractivity contribution in [2.75, 3.05) is 13.3 Å². The lowest BCUT2D eigenvalue weighted by Gasteiger charge is -2.36. The summed E-state index contributed by atoms with van der Waals surface area (Å²) >= 11 is 2.20. The first kappa shape index (κ1) is 16.9. The van der Waals surface area contributed by atoms with Crippen molar-refractivity contribution in [1.29, 1.82) is 0 Å². The molecule has 2 heterocycles. The molecular weight excluding hydrogens is 407 g/mol. The number of nitrogens with one attached hydrogen (secondary N) is 1. The summed E-state index contributed by atoms with van der Waals surface area (Å²) in [4.78, 5) is 12.5. The maximum absolute atomic E-state index is 12.5. The monoisotopic (exact) mass is 428 g/mol. The second-order valence-corrected chi connectivity index (χ2v) is 6.95. The molecule has 0 aliphatic carbocycles. The normalized spacial score (nSPS) is 29.8. The number of carbonyl (C=O) groups is 1. The molecule has 23 heavy (non-hydrogen) atoms. The number of fused-ring (bicyclic) bond motifs is 2. The summed E-state index contributed by atoms with van der Waals surface area (Å²) in [5.41, 5.74) is 2.32. The topological polar surface area (TPSA) is 38.3 Å². The van der Waals surface area contributed by atoms with Crippen molar-refractivity contribution in [2.45, 2.75) is 37.3 Å². The van der Waals surface area contributed by atoms with Gasteiger partial charge in [-0.1, -0.05) is 46.9 Å². The highest BCUT2D eigenvalue weighted by Crippen LogP contribution is 2.42. The Morgan fingerprint density at radius 3 is 3.09 bits per heavy atom. The van der Waals surface area contributed by atoms with E-state index in [1.165, 1.54) is 5.56 Å². The zero-order chi connectivity index (χ0) is 16.2. The maximum atomic E-state index is 12.5. The first-order valence-electron chi connectivity index (χ1n) is 8.08. The molecule has 2 bridgehead atoms. The molecule has 2 saturated heterocycles. The van der Waals surface area contributed by atoms with Crippen LogP contribution in [0.3, 0.4) is 0 Å². The number of esters is 1. The molecule has 0 amide bonds. The van der Waals surface area contributed by atoms with Gasteiger partial charge in [-0.2, -0.15) is 0 Å². The fraction of sp³-hybridized carbons (Fsp3) is 0.500. The molecule has 2 aliphatic rings. The zero-order valence-electron chi connectivity index (χ0n) is 12.9. The minimum absolute atomic E-state index is 0.142. The first-order valence-corrected chi connectivity index (χ1v) is 9.33. The Hall–Kier alpha value is -0.950. The van der Waals surface area contributed by atoms with E-state index in [9.17, 15) is 9.18 Å². The Balaban J connectivity index is 1.87. The molecule has 0 saturated carbocycles. The number of alkyl halides is 1. The molecule has 1 aromatic carbocycles. The minimum atomic E-state index is -0.625. The van der Waals surface area contributed by atoms with Crippen LogP contribution in [0, 0.1) is 5.92 Å². The standard InChI is InChI=1S/C18H21FINO2/c19-7-9-23-18(22)17-15(11-14-4-5-16(17)21-14)13-3-1-2-12(10-13)6-8-20/h1-3,6,8,10,14-17,21H,4-5,7,9,11H2/b8-6-/i19-1. The van der Waals surface area contributed by atoms with E-state index in [1.807, 2.05) is 10.1 Å². The van der Waals surface area contributed by atoms with Crippen LogP contribution in [0.25, 0.3) is 6.08 Å². The van der Waals surface area contributed by atoms with E-state index in [2.05, 4.69) is 52.2 Å². The van der Waals surface area contributed by atoms with Gasteiger partial charge in [0.05, 0.1) is 5.92 Å². The maximum Gasteiger partial charge on any atom is 0.311 e. The van der Waals surface area contributed by atoms with E-state index in [0.29, 0.717) is 6.04 Å². The molecule has 2 aliphatic heterocycles. The van der Waals surface area contributed by atoms with Gasteiger partial charge >= 0.3 is 5.97 Å². The predicted octanol–water partition coefficient (Wildman–Crippen LogP) is 3.83. The molecule has 0 radical (unpaired) electrons. The van der Waals surface area contributed by atoms with Crippen molar-refractivity contribution < 1.29 is 13.9 Å². The third-order valence-corrected chi connectivity index (χ3v) is 5.23. The van der Waals surface area contributed by atoms with Gasteiger partial charge in [-0.15, -0.1) is 0 Å². The van der Waals surface area contributed by atoms with E-state index >= 15 is 0 Å². The minimum Gasteiger partial charge on any atom is -0.463 e. The van der Waals surface area contributed by atoms with Gasteiger partial charge in [-0.05, 0) is 40.5 Å². The lowest BCUT2D eigenvalue weighted by molar-refractivity contribution is -0.151. The Morgan fingerprint density at radius 1 is 1.43 bits per heavy atom. The molecule has 0 spiro atoms. The highest BCUT2D eigenvalue weighted by molar-refractivity contribution is 14.1. The number of benzene rings is 1. The van der Waals surface area contributed by atoms with Crippen molar-refractivity contribution in [3.63, 3.8) is 0 Å². The molecule has 5 heteroatoms. The van der Waals surface area contributed by atoms with Gasteiger partial charge in [-0.25, -0.2) is 4.39 Å². The van der Waals surface area contributed by atoms with E-state index in [4.69, 9.17) is 4.74 Å². The van der Waals surface area contributed by atoms with Gasteiger partial charge in [0, 0.05) is 18.0 Å². The van der Waals surface area contributed by atoms with E-state index in [1.54, 1.807) is 0 Å². The number of hydrogen-bond acceptors (Lipinski definition) is 3. The van der Waals surface area contributed by atoms with Crippen LogP contribution in [0.5, 0.6) is 0 Å². The second kappa shape index (κ2) is 7.75. The largest absolute Gasteiger partial charge is 0.463 e. The van der Waals surface area contributed by atoms with Crippen LogP contribution >= 0.6 is 22.6 Å². The third-order valence-electron chi connectivity index (χ3n) is 4.87. The van der Waals surface area contributed by atoms with Gasteiger partial charge in [-0.3, -0.25) is 4.79 Å². The van der Waals surface area contributed by atoms with Crippen LogP contribution < -0.4 is 5.32 Å². The summed E-state index contributed by atoms with van der Waals surface area (Å²) in [6.45, 7) is -0.768. The third kappa shape index (κ3) is 3.76. The lowest BCUT2D eigenvalue weighted by Crippen LogP contribution is -2.48.